The van der Waals surface area contributed by atoms with Gasteiger partial charge in [-0.1, -0.05) is 109 Å². The number of benzene rings is 6. The molecule has 1 aliphatic rings. The van der Waals surface area contributed by atoms with Crippen LogP contribution in [0.5, 0.6) is 0 Å². The fraction of sp³-hybridized carbons (Fsp3) is 0.0833. The van der Waals surface area contributed by atoms with Gasteiger partial charge in [-0.3, -0.25) is 4.99 Å². The quantitative estimate of drug-likeness (QED) is 0.250. The van der Waals surface area contributed by atoms with E-state index in [1.54, 1.807) is 0 Å². The minimum Gasteiger partial charge on any atom is -0.352 e. The van der Waals surface area contributed by atoms with Crippen LogP contribution in [0.3, 0.4) is 0 Å². The van der Waals surface area contributed by atoms with Crippen molar-refractivity contribution in [2.24, 2.45) is 4.99 Å². The van der Waals surface area contributed by atoms with E-state index in [-0.39, 0.29) is 0 Å². The summed E-state index contributed by atoms with van der Waals surface area (Å²) in [6.45, 7) is 1.32. The summed E-state index contributed by atoms with van der Waals surface area (Å²) in [5.74, 6) is 0.799. The van der Waals surface area contributed by atoms with Crippen molar-refractivity contribution in [1.29, 1.82) is 0 Å². The predicted octanol–water partition coefficient (Wildman–Crippen LogP) is 8.17. The lowest BCUT2D eigenvalue weighted by Gasteiger charge is -2.23. The van der Waals surface area contributed by atoms with Crippen molar-refractivity contribution < 1.29 is 0 Å². The first-order valence-electron chi connectivity index (χ1n) is 13.5. The van der Waals surface area contributed by atoms with Gasteiger partial charge in [-0.05, 0) is 78.2 Å². The molecule has 7 rings (SSSR count). The minimum atomic E-state index is 0.660. The average molecular weight is 504 g/mol. The highest BCUT2D eigenvalue weighted by Gasteiger charge is 2.24. The molecule has 3 nitrogen and oxygen atoms in total. The van der Waals surface area contributed by atoms with E-state index in [2.05, 4.69) is 137 Å². The van der Waals surface area contributed by atoms with E-state index >= 15 is 0 Å². The maximum Gasteiger partial charge on any atom is 0.191 e. The number of nitrogens with zero attached hydrogens (tertiary/aromatic N) is 1. The lowest BCUT2D eigenvalue weighted by Crippen LogP contribution is -2.36. The maximum atomic E-state index is 4.56. The summed E-state index contributed by atoms with van der Waals surface area (Å²) in [6.07, 6.45) is 0. The molecule has 0 aromatic heterocycles. The van der Waals surface area contributed by atoms with Crippen molar-refractivity contribution in [2.75, 3.05) is 7.05 Å². The Kier molecular flexibility index (Phi) is 5.82. The minimum absolute atomic E-state index is 0.660. The van der Waals surface area contributed by atoms with Gasteiger partial charge in [0.25, 0.3) is 0 Å². The summed E-state index contributed by atoms with van der Waals surface area (Å²) in [5.41, 5.74) is 10.1. The zero-order valence-electron chi connectivity index (χ0n) is 21.9. The number of guanidine groups is 1. The molecule has 0 spiro atoms. The van der Waals surface area contributed by atoms with Gasteiger partial charge in [0.05, 0.1) is 0 Å². The Morgan fingerprint density at radius 1 is 0.513 bits per heavy atom. The van der Waals surface area contributed by atoms with Crippen LogP contribution in [0.1, 0.15) is 11.1 Å². The normalized spacial score (nSPS) is 12.9. The van der Waals surface area contributed by atoms with Crippen LogP contribution in [-0.2, 0) is 13.1 Å². The molecule has 0 saturated heterocycles. The highest BCUT2D eigenvalue weighted by atomic mass is 15.2. The van der Waals surface area contributed by atoms with Gasteiger partial charge in [0, 0.05) is 20.1 Å². The largest absolute Gasteiger partial charge is 0.352 e. The standard InChI is InChI=1S/C36H29N3/c1-37-36-38-22-32-30(24-12-4-2-5-13-24)20-26-16-8-10-18-28(26)34(32)35-29-19-11-9-17-27(29)21-31(33(35)23-39-36)25-14-6-3-7-15-25/h2-21H,22-23H2,1H3,(H2,37,38,39). The number of aliphatic imine (C=N–C) groups is 1. The summed E-state index contributed by atoms with van der Waals surface area (Å²) < 4.78 is 0. The molecular weight excluding hydrogens is 474 g/mol. The van der Waals surface area contributed by atoms with Crippen LogP contribution in [0, 0.1) is 0 Å². The van der Waals surface area contributed by atoms with Crippen molar-refractivity contribution in [3.8, 4) is 33.4 Å². The van der Waals surface area contributed by atoms with Gasteiger partial charge < -0.3 is 10.6 Å². The van der Waals surface area contributed by atoms with Crippen LogP contribution in [-0.4, -0.2) is 13.0 Å². The van der Waals surface area contributed by atoms with Crippen molar-refractivity contribution >= 4 is 27.5 Å². The summed E-state index contributed by atoms with van der Waals surface area (Å²) >= 11 is 0. The van der Waals surface area contributed by atoms with Crippen molar-refractivity contribution in [3.05, 3.63) is 132 Å². The lowest BCUT2D eigenvalue weighted by molar-refractivity contribution is 0.820. The lowest BCUT2D eigenvalue weighted by atomic mass is 9.81. The fourth-order valence-corrected chi connectivity index (χ4v) is 6.03. The van der Waals surface area contributed by atoms with E-state index in [1.165, 1.54) is 66.1 Å². The smallest absolute Gasteiger partial charge is 0.191 e. The Labute approximate surface area is 228 Å². The van der Waals surface area contributed by atoms with E-state index in [0.717, 1.165) is 5.96 Å². The fourth-order valence-electron chi connectivity index (χ4n) is 6.03. The Bertz CT molecular complexity index is 1720. The molecule has 2 N–H and O–H groups in total. The van der Waals surface area contributed by atoms with Crippen LogP contribution in [0.2, 0.25) is 0 Å². The molecule has 1 aliphatic heterocycles. The maximum absolute atomic E-state index is 4.56. The summed E-state index contributed by atoms with van der Waals surface area (Å²) in [6, 6.07) is 43.8. The van der Waals surface area contributed by atoms with Gasteiger partial charge in [0.1, 0.15) is 0 Å². The monoisotopic (exact) mass is 503 g/mol. The Balaban J connectivity index is 1.70. The molecule has 0 radical (unpaired) electrons. The first-order chi connectivity index (χ1) is 19.3. The van der Waals surface area contributed by atoms with E-state index in [4.69, 9.17) is 0 Å². The SMILES string of the molecule is CN=C1NCc2c(-c3ccccc3)cc3ccccc3c2-c2c(c(-c3ccccc3)cc3ccccc23)CN1. The van der Waals surface area contributed by atoms with Gasteiger partial charge in [-0.25, -0.2) is 0 Å². The molecule has 0 atom stereocenters. The second-order valence-electron chi connectivity index (χ2n) is 10.0. The molecule has 0 amide bonds. The summed E-state index contributed by atoms with van der Waals surface area (Å²) in [4.78, 5) is 4.56. The van der Waals surface area contributed by atoms with Crippen molar-refractivity contribution in [2.45, 2.75) is 13.1 Å². The molecular formula is C36H29N3. The topological polar surface area (TPSA) is 36.4 Å². The number of nitrogens with one attached hydrogen (secondary N) is 2. The zero-order valence-corrected chi connectivity index (χ0v) is 21.9. The van der Waals surface area contributed by atoms with Crippen LogP contribution in [0.4, 0.5) is 0 Å². The van der Waals surface area contributed by atoms with Gasteiger partial charge >= 0.3 is 0 Å². The third kappa shape index (κ3) is 4.04. The van der Waals surface area contributed by atoms with E-state index in [0.29, 0.717) is 13.1 Å². The first-order valence-corrected chi connectivity index (χ1v) is 13.5. The second-order valence-corrected chi connectivity index (χ2v) is 10.0. The molecule has 1 heterocycles. The summed E-state index contributed by atoms with van der Waals surface area (Å²) in [5, 5.41) is 12.3. The average Bonchev–Trinajstić information content (AvgIpc) is 3.09. The Morgan fingerprint density at radius 2 is 0.923 bits per heavy atom. The number of rotatable bonds is 2. The molecule has 3 heteroatoms. The molecule has 188 valence electrons. The zero-order chi connectivity index (χ0) is 26.2. The molecule has 0 aliphatic carbocycles. The number of hydrogen-bond acceptors (Lipinski definition) is 1. The molecule has 0 saturated carbocycles. The molecule has 6 aromatic carbocycles. The van der Waals surface area contributed by atoms with Crippen LogP contribution in [0.25, 0.3) is 54.9 Å². The summed E-state index contributed by atoms with van der Waals surface area (Å²) in [7, 11) is 1.84. The molecule has 0 fully saturated rings. The number of hydrogen-bond donors (Lipinski definition) is 2. The first kappa shape index (κ1) is 23.2. The van der Waals surface area contributed by atoms with E-state index < -0.39 is 0 Å². The van der Waals surface area contributed by atoms with Gasteiger partial charge in [0.2, 0.25) is 0 Å². The third-order valence-corrected chi connectivity index (χ3v) is 7.82. The second kappa shape index (κ2) is 9.77. The molecule has 39 heavy (non-hydrogen) atoms. The van der Waals surface area contributed by atoms with Crippen molar-refractivity contribution in [1.82, 2.24) is 10.6 Å². The Hall–Kier alpha value is -4.89. The van der Waals surface area contributed by atoms with E-state index in [9.17, 15) is 0 Å². The Morgan fingerprint density at radius 3 is 1.36 bits per heavy atom. The molecule has 0 bridgehead atoms. The molecule has 6 aromatic rings. The van der Waals surface area contributed by atoms with Crippen LogP contribution < -0.4 is 10.6 Å². The van der Waals surface area contributed by atoms with Gasteiger partial charge in [0.15, 0.2) is 5.96 Å². The van der Waals surface area contributed by atoms with Crippen LogP contribution >= 0.6 is 0 Å². The molecule has 0 unspecified atom stereocenters. The van der Waals surface area contributed by atoms with E-state index in [1.807, 2.05) is 7.05 Å². The third-order valence-electron chi connectivity index (χ3n) is 7.82. The number of fused-ring (bicyclic) bond motifs is 7. The van der Waals surface area contributed by atoms with Crippen LogP contribution in [0.15, 0.2) is 126 Å². The highest BCUT2D eigenvalue weighted by Crippen LogP contribution is 2.46. The van der Waals surface area contributed by atoms with Gasteiger partial charge in [-0.15, -0.1) is 0 Å². The van der Waals surface area contributed by atoms with Crippen molar-refractivity contribution in [3.63, 3.8) is 0 Å². The predicted molar refractivity (Wildman–Crippen MR) is 165 cm³/mol. The highest BCUT2D eigenvalue weighted by molar-refractivity contribution is 6.12. The van der Waals surface area contributed by atoms with Gasteiger partial charge in [-0.2, -0.15) is 0 Å².